The summed E-state index contributed by atoms with van der Waals surface area (Å²) in [7, 11) is 1.65. The molecule has 0 aliphatic carbocycles. The molecule has 2 aromatic heterocycles. The van der Waals surface area contributed by atoms with Crippen molar-refractivity contribution in [2.75, 3.05) is 39.9 Å². The van der Waals surface area contributed by atoms with Gasteiger partial charge in [-0.25, -0.2) is 9.50 Å². The molecule has 28 heavy (non-hydrogen) atoms. The molecule has 8 heteroatoms. The number of hydrogen-bond acceptors (Lipinski definition) is 5. The molecular formula is C20H27N5O3. The first kappa shape index (κ1) is 18.9. The normalized spacial score (nSPS) is 22.6. The first-order chi connectivity index (χ1) is 13.4. The summed E-state index contributed by atoms with van der Waals surface area (Å²) in [5.41, 5.74) is 2.45. The summed E-state index contributed by atoms with van der Waals surface area (Å²) in [4.78, 5) is 34.3. The van der Waals surface area contributed by atoms with Crippen LogP contribution in [0.1, 0.15) is 41.1 Å². The van der Waals surface area contributed by atoms with Crippen LogP contribution in [0.4, 0.5) is 0 Å². The van der Waals surface area contributed by atoms with Crippen LogP contribution < -0.4 is 0 Å². The van der Waals surface area contributed by atoms with Crippen LogP contribution in [0.5, 0.6) is 0 Å². The van der Waals surface area contributed by atoms with E-state index in [1.54, 1.807) is 22.6 Å². The van der Waals surface area contributed by atoms with Crippen LogP contribution in [-0.2, 0) is 9.53 Å². The molecule has 0 aromatic carbocycles. The average molecular weight is 385 g/mol. The number of hydrogen-bond donors (Lipinski definition) is 0. The zero-order valence-corrected chi connectivity index (χ0v) is 16.8. The molecule has 0 N–H and O–H groups in total. The lowest BCUT2D eigenvalue weighted by Crippen LogP contribution is -2.51. The van der Waals surface area contributed by atoms with Crippen LogP contribution in [-0.4, -0.2) is 76.1 Å². The highest BCUT2D eigenvalue weighted by Crippen LogP contribution is 2.40. The van der Waals surface area contributed by atoms with E-state index in [1.807, 2.05) is 24.8 Å². The molecule has 1 spiro atoms. The van der Waals surface area contributed by atoms with Crippen molar-refractivity contribution in [3.8, 4) is 0 Å². The van der Waals surface area contributed by atoms with E-state index < -0.39 is 5.41 Å². The molecule has 0 saturated carbocycles. The number of ether oxygens (including phenoxy) is 1. The van der Waals surface area contributed by atoms with Gasteiger partial charge in [0.15, 0.2) is 11.3 Å². The number of amides is 2. The largest absolute Gasteiger partial charge is 0.383 e. The van der Waals surface area contributed by atoms with Crippen LogP contribution in [0.25, 0.3) is 5.65 Å². The van der Waals surface area contributed by atoms with Crippen molar-refractivity contribution in [2.24, 2.45) is 5.41 Å². The molecule has 150 valence electrons. The van der Waals surface area contributed by atoms with Gasteiger partial charge in [0, 0.05) is 50.7 Å². The predicted octanol–water partition coefficient (Wildman–Crippen LogP) is 1.45. The Morgan fingerprint density at radius 2 is 2.07 bits per heavy atom. The Morgan fingerprint density at radius 3 is 2.86 bits per heavy atom. The van der Waals surface area contributed by atoms with Crippen LogP contribution in [0, 0.1) is 19.3 Å². The summed E-state index contributed by atoms with van der Waals surface area (Å²) in [6, 6.07) is 3.68. The van der Waals surface area contributed by atoms with Gasteiger partial charge in [-0.3, -0.25) is 9.59 Å². The number of piperidine rings is 1. The second kappa shape index (κ2) is 7.16. The molecule has 2 aliphatic rings. The number of rotatable bonds is 4. The molecule has 0 bridgehead atoms. The topological polar surface area (TPSA) is 80.0 Å². The molecular weight excluding hydrogens is 358 g/mol. The van der Waals surface area contributed by atoms with E-state index in [0.717, 1.165) is 30.8 Å². The van der Waals surface area contributed by atoms with Gasteiger partial charge in [-0.15, -0.1) is 0 Å². The molecule has 4 rings (SSSR count). The van der Waals surface area contributed by atoms with Gasteiger partial charge >= 0.3 is 0 Å². The molecule has 2 aromatic rings. The van der Waals surface area contributed by atoms with Crippen molar-refractivity contribution in [1.29, 1.82) is 0 Å². The fourth-order valence-corrected chi connectivity index (χ4v) is 4.54. The predicted molar refractivity (Wildman–Crippen MR) is 103 cm³/mol. The number of aryl methyl sites for hydroxylation is 2. The summed E-state index contributed by atoms with van der Waals surface area (Å²) in [6.45, 7) is 6.85. The molecule has 2 fully saturated rings. The molecule has 8 nitrogen and oxygen atoms in total. The fourth-order valence-electron chi connectivity index (χ4n) is 4.54. The van der Waals surface area contributed by atoms with E-state index in [0.29, 0.717) is 44.0 Å². The van der Waals surface area contributed by atoms with Crippen molar-refractivity contribution in [2.45, 2.75) is 33.1 Å². The van der Waals surface area contributed by atoms with Crippen LogP contribution >= 0.6 is 0 Å². The number of fused-ring (bicyclic) bond motifs is 1. The van der Waals surface area contributed by atoms with E-state index in [2.05, 4.69) is 10.1 Å². The van der Waals surface area contributed by atoms with Crippen LogP contribution in [0.2, 0.25) is 0 Å². The Bertz CT molecular complexity index is 924. The molecule has 2 amide bonds. The molecule has 0 radical (unpaired) electrons. The summed E-state index contributed by atoms with van der Waals surface area (Å²) in [5.74, 6) is 0.0375. The summed E-state index contributed by atoms with van der Waals surface area (Å²) in [5, 5.41) is 4.46. The standard InChI is InChI=1S/C20H27N5O3/c1-14-11-15(2)25-17(21-14)12-16(22-25)18(26)24-8-6-20(13-24)5-4-7-23(19(20)27)9-10-28-3/h11-12H,4-10,13H2,1-3H3/t20-/m0/s1. The lowest BCUT2D eigenvalue weighted by molar-refractivity contribution is -0.146. The van der Waals surface area contributed by atoms with Gasteiger partial charge in [0.25, 0.3) is 5.91 Å². The molecule has 0 unspecified atom stereocenters. The third-order valence-corrected chi connectivity index (χ3v) is 5.98. The zero-order valence-electron chi connectivity index (χ0n) is 16.8. The zero-order chi connectivity index (χ0) is 19.9. The summed E-state index contributed by atoms with van der Waals surface area (Å²) < 4.78 is 6.83. The minimum Gasteiger partial charge on any atom is -0.383 e. The van der Waals surface area contributed by atoms with E-state index in [4.69, 9.17) is 4.74 Å². The molecule has 2 aliphatic heterocycles. The highest BCUT2D eigenvalue weighted by Gasteiger charge is 2.49. The number of nitrogens with zero attached hydrogens (tertiary/aromatic N) is 5. The summed E-state index contributed by atoms with van der Waals surface area (Å²) in [6.07, 6.45) is 2.52. The quantitative estimate of drug-likeness (QED) is 0.796. The smallest absolute Gasteiger partial charge is 0.274 e. The van der Waals surface area contributed by atoms with Crippen molar-refractivity contribution >= 4 is 17.5 Å². The lowest BCUT2D eigenvalue weighted by Gasteiger charge is -2.39. The first-order valence-corrected chi connectivity index (χ1v) is 9.85. The first-order valence-electron chi connectivity index (χ1n) is 9.85. The van der Waals surface area contributed by atoms with Crippen molar-refractivity contribution in [3.05, 3.63) is 29.2 Å². The van der Waals surface area contributed by atoms with Gasteiger partial charge in [0.1, 0.15) is 0 Å². The van der Waals surface area contributed by atoms with Gasteiger partial charge in [-0.2, -0.15) is 5.10 Å². The Balaban J connectivity index is 1.53. The third-order valence-electron chi connectivity index (χ3n) is 5.98. The van der Waals surface area contributed by atoms with Crippen LogP contribution in [0.15, 0.2) is 12.1 Å². The van der Waals surface area contributed by atoms with Gasteiger partial charge < -0.3 is 14.5 Å². The van der Waals surface area contributed by atoms with E-state index in [1.165, 1.54) is 0 Å². The Labute approximate surface area is 164 Å². The maximum atomic E-state index is 13.1. The second-order valence-electron chi connectivity index (χ2n) is 7.98. The monoisotopic (exact) mass is 385 g/mol. The Hall–Kier alpha value is -2.48. The van der Waals surface area contributed by atoms with Crippen molar-refractivity contribution < 1.29 is 14.3 Å². The van der Waals surface area contributed by atoms with Gasteiger partial charge in [0.2, 0.25) is 5.91 Å². The number of likely N-dealkylation sites (tertiary alicyclic amines) is 2. The SMILES string of the molecule is COCCN1CCC[C@@]2(CCN(C(=O)c3cc4nc(C)cc(C)n4n3)C2)C1=O. The minimum atomic E-state index is -0.453. The highest BCUT2D eigenvalue weighted by molar-refractivity contribution is 5.94. The molecule has 2 saturated heterocycles. The third kappa shape index (κ3) is 3.15. The number of aromatic nitrogens is 3. The highest BCUT2D eigenvalue weighted by atomic mass is 16.5. The van der Waals surface area contributed by atoms with E-state index in [9.17, 15) is 9.59 Å². The van der Waals surface area contributed by atoms with Gasteiger partial charge in [0.05, 0.1) is 12.0 Å². The molecule has 4 heterocycles. The average Bonchev–Trinajstić information content (AvgIpc) is 3.28. The van der Waals surface area contributed by atoms with E-state index in [-0.39, 0.29) is 11.8 Å². The van der Waals surface area contributed by atoms with Crippen molar-refractivity contribution in [3.63, 3.8) is 0 Å². The van der Waals surface area contributed by atoms with E-state index >= 15 is 0 Å². The summed E-state index contributed by atoms with van der Waals surface area (Å²) >= 11 is 0. The Morgan fingerprint density at radius 1 is 1.25 bits per heavy atom. The van der Waals surface area contributed by atoms with Gasteiger partial charge in [-0.05, 0) is 39.2 Å². The second-order valence-corrected chi connectivity index (χ2v) is 7.98. The number of methoxy groups -OCH3 is 1. The Kier molecular flexibility index (Phi) is 4.82. The van der Waals surface area contributed by atoms with Crippen molar-refractivity contribution in [1.82, 2.24) is 24.4 Å². The molecule has 1 atom stereocenters. The maximum Gasteiger partial charge on any atom is 0.274 e. The number of carbonyl (C=O) groups excluding carboxylic acids is 2. The van der Waals surface area contributed by atoms with Gasteiger partial charge in [-0.1, -0.05) is 0 Å². The van der Waals surface area contributed by atoms with Crippen LogP contribution in [0.3, 0.4) is 0 Å². The number of carbonyl (C=O) groups is 2. The minimum absolute atomic E-state index is 0.124. The maximum absolute atomic E-state index is 13.1. The fraction of sp³-hybridized carbons (Fsp3) is 0.600. The lowest BCUT2D eigenvalue weighted by atomic mass is 9.78.